The molecule has 0 radical (unpaired) electrons. The molecule has 0 amide bonds. The standard InChI is InChI=1S/C46H33N3/c1-5-14-32(15-6-1)34-18-13-19-36(28-34)45-48-43(33-16-7-2-8-17-33)30-44(49-45)35-24-25-39-40-31-47-27-26-41(40)46(42(39)29-35,37-20-9-3-10-21-37)38-22-11-4-12-23-38/h1-31,43H,(H,48,49). The Morgan fingerprint density at radius 3 is 1.84 bits per heavy atom. The Balaban J connectivity index is 1.22. The van der Waals surface area contributed by atoms with Crippen molar-refractivity contribution < 1.29 is 0 Å². The second-order valence-corrected chi connectivity index (χ2v) is 12.6. The van der Waals surface area contributed by atoms with Crippen LogP contribution in [0.2, 0.25) is 0 Å². The van der Waals surface area contributed by atoms with Crippen molar-refractivity contribution in [2.24, 2.45) is 4.99 Å². The van der Waals surface area contributed by atoms with Gasteiger partial charge in [-0.05, 0) is 74.3 Å². The first kappa shape index (κ1) is 28.9. The number of amidine groups is 1. The summed E-state index contributed by atoms with van der Waals surface area (Å²) in [5.74, 6) is 0.856. The maximum atomic E-state index is 5.28. The van der Waals surface area contributed by atoms with Crippen LogP contribution >= 0.6 is 0 Å². The first-order chi connectivity index (χ1) is 24.3. The summed E-state index contributed by atoms with van der Waals surface area (Å²) >= 11 is 0. The smallest absolute Gasteiger partial charge is 0.133 e. The van der Waals surface area contributed by atoms with Gasteiger partial charge in [-0.15, -0.1) is 0 Å². The van der Waals surface area contributed by atoms with Crippen molar-refractivity contribution in [1.82, 2.24) is 10.3 Å². The molecule has 0 fully saturated rings. The summed E-state index contributed by atoms with van der Waals surface area (Å²) in [6.07, 6.45) is 6.21. The molecule has 1 aliphatic heterocycles. The zero-order chi connectivity index (χ0) is 32.6. The molecule has 3 heteroatoms. The lowest BCUT2D eigenvalue weighted by Gasteiger charge is -2.34. The largest absolute Gasteiger partial charge is 0.340 e. The average Bonchev–Trinajstić information content (AvgIpc) is 3.49. The van der Waals surface area contributed by atoms with Gasteiger partial charge in [-0.2, -0.15) is 0 Å². The Bertz CT molecular complexity index is 2300. The average molecular weight is 628 g/mol. The van der Waals surface area contributed by atoms with E-state index in [1.165, 1.54) is 38.9 Å². The molecule has 0 saturated carbocycles. The van der Waals surface area contributed by atoms with Gasteiger partial charge in [0, 0.05) is 29.2 Å². The Morgan fingerprint density at radius 2 is 1.12 bits per heavy atom. The molecular weight excluding hydrogens is 595 g/mol. The van der Waals surface area contributed by atoms with Gasteiger partial charge in [-0.1, -0.05) is 152 Å². The van der Waals surface area contributed by atoms with Crippen LogP contribution in [0.5, 0.6) is 0 Å². The van der Waals surface area contributed by atoms with E-state index in [1.54, 1.807) is 0 Å². The molecule has 232 valence electrons. The normalized spacial score (nSPS) is 15.7. The molecule has 1 aromatic heterocycles. The summed E-state index contributed by atoms with van der Waals surface area (Å²) in [5.41, 5.74) is 13.5. The van der Waals surface area contributed by atoms with Crippen molar-refractivity contribution >= 4 is 11.5 Å². The number of hydrogen-bond donors (Lipinski definition) is 1. The molecule has 6 aromatic carbocycles. The molecule has 1 unspecified atom stereocenters. The number of hydrogen-bond acceptors (Lipinski definition) is 3. The predicted octanol–water partition coefficient (Wildman–Crippen LogP) is 10.2. The van der Waals surface area contributed by atoms with Gasteiger partial charge in [0.25, 0.3) is 0 Å². The van der Waals surface area contributed by atoms with E-state index >= 15 is 0 Å². The van der Waals surface area contributed by atoms with Gasteiger partial charge in [0.15, 0.2) is 0 Å². The number of nitrogens with one attached hydrogen (secondary N) is 1. The number of pyridine rings is 1. The van der Waals surface area contributed by atoms with E-state index in [9.17, 15) is 0 Å². The van der Waals surface area contributed by atoms with Crippen LogP contribution in [0.1, 0.15) is 45.0 Å². The minimum Gasteiger partial charge on any atom is -0.340 e. The first-order valence-corrected chi connectivity index (χ1v) is 16.8. The van der Waals surface area contributed by atoms with Crippen molar-refractivity contribution in [2.45, 2.75) is 11.5 Å². The highest BCUT2D eigenvalue weighted by atomic mass is 15.0. The lowest BCUT2D eigenvalue weighted by Crippen LogP contribution is -2.30. The zero-order valence-corrected chi connectivity index (χ0v) is 26.9. The third-order valence-electron chi connectivity index (χ3n) is 9.89. The monoisotopic (exact) mass is 627 g/mol. The van der Waals surface area contributed by atoms with E-state index in [-0.39, 0.29) is 6.04 Å². The van der Waals surface area contributed by atoms with E-state index in [2.05, 4.69) is 186 Å². The Labute approximate surface area is 287 Å². The van der Waals surface area contributed by atoms with Gasteiger partial charge in [0.1, 0.15) is 5.84 Å². The van der Waals surface area contributed by atoms with Gasteiger partial charge < -0.3 is 5.32 Å². The SMILES string of the molecule is C1=C(c2ccc3c(c2)C(c2ccccc2)(c2ccccc2)c2ccncc2-3)NC(c2cccc(-c3ccccc3)c2)=NC1c1ccccc1. The Morgan fingerprint density at radius 1 is 0.490 bits per heavy atom. The number of fused-ring (bicyclic) bond motifs is 3. The molecule has 1 atom stereocenters. The number of nitrogens with zero attached hydrogens (tertiary/aromatic N) is 2. The molecule has 7 aromatic rings. The lowest BCUT2D eigenvalue weighted by atomic mass is 9.67. The summed E-state index contributed by atoms with van der Waals surface area (Å²) < 4.78 is 0. The summed E-state index contributed by atoms with van der Waals surface area (Å²) in [4.78, 5) is 9.88. The van der Waals surface area contributed by atoms with E-state index in [0.29, 0.717) is 0 Å². The molecule has 2 heterocycles. The van der Waals surface area contributed by atoms with Crippen molar-refractivity contribution in [1.29, 1.82) is 0 Å². The fraction of sp³-hybridized carbons (Fsp3) is 0.0435. The molecule has 0 saturated heterocycles. The highest BCUT2D eigenvalue weighted by Crippen LogP contribution is 2.56. The van der Waals surface area contributed by atoms with Gasteiger partial charge in [0.2, 0.25) is 0 Å². The number of rotatable bonds is 6. The Hall–Kier alpha value is -6.32. The molecule has 1 N–H and O–H groups in total. The fourth-order valence-electron chi connectivity index (χ4n) is 7.65. The second kappa shape index (κ2) is 12.0. The van der Waals surface area contributed by atoms with Crippen LogP contribution in [0.4, 0.5) is 0 Å². The van der Waals surface area contributed by atoms with Crippen LogP contribution in [-0.4, -0.2) is 10.8 Å². The van der Waals surface area contributed by atoms with Gasteiger partial charge in [-0.3, -0.25) is 9.98 Å². The first-order valence-electron chi connectivity index (χ1n) is 16.8. The summed E-state index contributed by atoms with van der Waals surface area (Å²) in [7, 11) is 0. The van der Waals surface area contributed by atoms with Crippen molar-refractivity contribution in [3.8, 4) is 22.3 Å². The highest BCUT2D eigenvalue weighted by Gasteiger charge is 2.46. The third kappa shape index (κ3) is 4.90. The van der Waals surface area contributed by atoms with Gasteiger partial charge in [0.05, 0.1) is 11.5 Å². The second-order valence-electron chi connectivity index (χ2n) is 12.6. The molecule has 0 spiro atoms. The molecular formula is C46H33N3. The van der Waals surface area contributed by atoms with E-state index in [4.69, 9.17) is 4.99 Å². The topological polar surface area (TPSA) is 37.3 Å². The van der Waals surface area contributed by atoms with Crippen LogP contribution in [0.15, 0.2) is 193 Å². The maximum absolute atomic E-state index is 5.28. The highest BCUT2D eigenvalue weighted by molar-refractivity contribution is 6.05. The third-order valence-corrected chi connectivity index (χ3v) is 9.89. The van der Waals surface area contributed by atoms with Crippen LogP contribution in [0, 0.1) is 0 Å². The fourth-order valence-corrected chi connectivity index (χ4v) is 7.65. The lowest BCUT2D eigenvalue weighted by molar-refractivity contribution is 0.766. The van der Waals surface area contributed by atoms with Crippen LogP contribution in [-0.2, 0) is 5.41 Å². The summed E-state index contributed by atoms with van der Waals surface area (Å²) in [6, 6.07) is 60.5. The van der Waals surface area contributed by atoms with Gasteiger partial charge >= 0.3 is 0 Å². The van der Waals surface area contributed by atoms with Crippen LogP contribution < -0.4 is 5.32 Å². The Kier molecular flexibility index (Phi) is 7.09. The van der Waals surface area contributed by atoms with Crippen molar-refractivity contribution in [3.05, 3.63) is 227 Å². The quantitative estimate of drug-likeness (QED) is 0.199. The molecule has 49 heavy (non-hydrogen) atoms. The molecule has 2 aliphatic rings. The maximum Gasteiger partial charge on any atom is 0.133 e. The van der Waals surface area contributed by atoms with Gasteiger partial charge in [-0.25, -0.2) is 0 Å². The number of aromatic nitrogens is 1. The van der Waals surface area contributed by atoms with E-state index in [1.807, 2.05) is 12.4 Å². The minimum absolute atomic E-state index is 0.143. The molecule has 1 aliphatic carbocycles. The van der Waals surface area contributed by atoms with E-state index in [0.717, 1.165) is 33.8 Å². The number of benzene rings is 6. The number of aliphatic imine (C=N–C) groups is 1. The minimum atomic E-state index is -0.499. The predicted molar refractivity (Wildman–Crippen MR) is 200 cm³/mol. The summed E-state index contributed by atoms with van der Waals surface area (Å²) in [6.45, 7) is 0. The molecule has 3 nitrogen and oxygen atoms in total. The van der Waals surface area contributed by atoms with Crippen molar-refractivity contribution in [3.63, 3.8) is 0 Å². The van der Waals surface area contributed by atoms with E-state index < -0.39 is 5.41 Å². The molecule has 0 bridgehead atoms. The van der Waals surface area contributed by atoms with Crippen molar-refractivity contribution in [2.75, 3.05) is 0 Å². The zero-order valence-electron chi connectivity index (χ0n) is 26.9. The molecule has 9 rings (SSSR count). The summed E-state index contributed by atoms with van der Waals surface area (Å²) in [5, 5.41) is 3.78. The van der Waals surface area contributed by atoms with Crippen LogP contribution in [0.25, 0.3) is 28.0 Å². The van der Waals surface area contributed by atoms with Crippen LogP contribution in [0.3, 0.4) is 0 Å².